The summed E-state index contributed by atoms with van der Waals surface area (Å²) in [5, 5.41) is 8.76. The van der Waals surface area contributed by atoms with E-state index in [1.807, 2.05) is 0 Å². The Hall–Kier alpha value is -1.17. The molecule has 128 valence electrons. The number of halogens is 1. The van der Waals surface area contributed by atoms with Crippen molar-refractivity contribution in [2.24, 2.45) is 11.8 Å². The van der Waals surface area contributed by atoms with Gasteiger partial charge in [-0.15, -0.1) is 0 Å². The van der Waals surface area contributed by atoms with E-state index in [1.165, 1.54) is 0 Å². The van der Waals surface area contributed by atoms with Crippen molar-refractivity contribution >= 4 is 15.8 Å². The molecule has 0 aliphatic heterocycles. The van der Waals surface area contributed by atoms with Crippen LogP contribution in [0, 0.1) is 11.8 Å². The van der Waals surface area contributed by atoms with E-state index in [9.17, 15) is 22.7 Å². The first-order chi connectivity index (χ1) is 10.9. The van der Waals surface area contributed by atoms with Gasteiger partial charge in [0, 0.05) is 0 Å². The molecule has 1 N–H and O–H groups in total. The van der Waals surface area contributed by atoms with Crippen LogP contribution in [-0.2, 0) is 14.6 Å². The van der Waals surface area contributed by atoms with Crippen LogP contribution in [0.5, 0.6) is 0 Å². The van der Waals surface area contributed by atoms with Crippen LogP contribution >= 0.6 is 0 Å². The Morgan fingerprint density at radius 1 is 1.30 bits per heavy atom. The minimum absolute atomic E-state index is 0.105. The summed E-state index contributed by atoms with van der Waals surface area (Å²) in [6.07, 6.45) is 8.23. The van der Waals surface area contributed by atoms with Crippen molar-refractivity contribution in [3.05, 3.63) is 23.8 Å². The minimum atomic E-state index is -3.12. The second-order valence-corrected chi connectivity index (χ2v) is 9.48. The summed E-state index contributed by atoms with van der Waals surface area (Å²) < 4.78 is 37.8. The predicted octanol–water partition coefficient (Wildman–Crippen LogP) is 3.05. The van der Waals surface area contributed by atoms with Crippen LogP contribution in [0.25, 0.3) is 0 Å². The van der Waals surface area contributed by atoms with Crippen molar-refractivity contribution < 1.29 is 22.7 Å². The molecule has 2 unspecified atom stereocenters. The number of carbonyl (C=O) groups is 1. The number of hydrogen-bond acceptors (Lipinski definition) is 3. The summed E-state index contributed by atoms with van der Waals surface area (Å²) in [4.78, 5) is 11.6. The topological polar surface area (TPSA) is 71.4 Å². The first-order valence-corrected chi connectivity index (χ1v) is 9.96. The molecule has 0 saturated heterocycles. The maximum atomic E-state index is 13.3. The third kappa shape index (κ3) is 3.67. The molecule has 0 aromatic carbocycles. The van der Waals surface area contributed by atoms with Gasteiger partial charge in [0.25, 0.3) is 0 Å². The molecule has 0 heterocycles. The molecule has 0 aromatic rings. The number of allylic oxidation sites excluding steroid dienone is 2. The number of aliphatic carboxylic acids is 1. The van der Waals surface area contributed by atoms with E-state index >= 15 is 0 Å². The molecular weight excluding hydrogens is 319 g/mol. The van der Waals surface area contributed by atoms with Gasteiger partial charge in [0.2, 0.25) is 0 Å². The molecular formula is C17H23FO4S. The van der Waals surface area contributed by atoms with Crippen LogP contribution in [0.3, 0.4) is 0 Å². The molecule has 0 amide bonds. The van der Waals surface area contributed by atoms with E-state index in [4.69, 9.17) is 0 Å². The summed E-state index contributed by atoms with van der Waals surface area (Å²) >= 11 is 0. The number of rotatable bonds is 6. The second-order valence-electron chi connectivity index (χ2n) is 7.03. The van der Waals surface area contributed by atoms with Crippen LogP contribution in [-0.4, -0.2) is 36.2 Å². The third-order valence-electron chi connectivity index (χ3n) is 5.25. The molecule has 0 bridgehead atoms. The van der Waals surface area contributed by atoms with Crippen LogP contribution in [0.15, 0.2) is 23.8 Å². The van der Waals surface area contributed by atoms with Crippen LogP contribution in [0.2, 0.25) is 0 Å². The maximum Gasteiger partial charge on any atom is 0.310 e. The highest BCUT2D eigenvalue weighted by Gasteiger charge is 2.40. The third-order valence-corrected chi connectivity index (χ3v) is 7.84. The smallest absolute Gasteiger partial charge is 0.310 e. The summed E-state index contributed by atoms with van der Waals surface area (Å²) in [6, 6.07) is 0. The van der Waals surface area contributed by atoms with Gasteiger partial charge in [-0.25, -0.2) is 12.8 Å². The largest absolute Gasteiger partial charge is 0.481 e. The number of hydrogen-bond donors (Lipinski definition) is 1. The van der Waals surface area contributed by atoms with E-state index in [2.05, 4.69) is 0 Å². The molecule has 2 saturated carbocycles. The normalized spacial score (nSPS) is 32.6. The molecule has 0 radical (unpaired) electrons. The molecule has 0 aromatic heterocycles. The molecule has 3 rings (SSSR count). The molecule has 6 heteroatoms. The lowest BCUT2D eigenvalue weighted by Crippen LogP contribution is -2.26. The van der Waals surface area contributed by atoms with E-state index in [1.54, 1.807) is 18.2 Å². The summed E-state index contributed by atoms with van der Waals surface area (Å²) in [5.74, 6) is -1.47. The lowest BCUT2D eigenvalue weighted by molar-refractivity contribution is -0.140. The van der Waals surface area contributed by atoms with Gasteiger partial charge in [0.15, 0.2) is 9.84 Å². The first kappa shape index (κ1) is 16.7. The quantitative estimate of drug-likeness (QED) is 0.805. The SMILES string of the molecule is O=C(O)C(C[C@@H]1CC[C@H](F)C1)C1=CCC(S(=O)(=O)C2CC2)C=C1. The van der Waals surface area contributed by atoms with E-state index < -0.39 is 33.1 Å². The van der Waals surface area contributed by atoms with Gasteiger partial charge < -0.3 is 5.11 Å². The van der Waals surface area contributed by atoms with E-state index in [0.717, 1.165) is 19.3 Å². The minimum Gasteiger partial charge on any atom is -0.481 e. The molecule has 23 heavy (non-hydrogen) atoms. The molecule has 4 atom stereocenters. The Morgan fingerprint density at radius 2 is 2.04 bits per heavy atom. The van der Waals surface area contributed by atoms with Crippen LogP contribution < -0.4 is 0 Å². The lowest BCUT2D eigenvalue weighted by atomic mass is 9.85. The number of carboxylic acid groups (broad SMARTS) is 1. The molecule has 3 aliphatic rings. The highest BCUT2D eigenvalue weighted by atomic mass is 32.2. The maximum absolute atomic E-state index is 13.3. The lowest BCUT2D eigenvalue weighted by Gasteiger charge is -2.22. The fourth-order valence-electron chi connectivity index (χ4n) is 3.70. The van der Waals surface area contributed by atoms with Crippen molar-refractivity contribution in [2.45, 2.75) is 61.6 Å². The monoisotopic (exact) mass is 342 g/mol. The van der Waals surface area contributed by atoms with Crippen LogP contribution in [0.1, 0.15) is 44.9 Å². The summed E-state index contributed by atoms with van der Waals surface area (Å²) in [6.45, 7) is 0. The molecule has 3 aliphatic carbocycles. The molecule has 4 nitrogen and oxygen atoms in total. The van der Waals surface area contributed by atoms with Gasteiger partial charge in [0.1, 0.15) is 6.17 Å². The number of sulfone groups is 1. The van der Waals surface area contributed by atoms with Crippen molar-refractivity contribution in [1.29, 1.82) is 0 Å². The zero-order valence-electron chi connectivity index (χ0n) is 13.0. The van der Waals surface area contributed by atoms with Crippen molar-refractivity contribution in [2.75, 3.05) is 0 Å². The highest BCUT2D eigenvalue weighted by Crippen LogP contribution is 2.37. The number of alkyl halides is 1. The van der Waals surface area contributed by atoms with Gasteiger partial charge in [-0.05, 0) is 56.4 Å². The average molecular weight is 342 g/mol. The Morgan fingerprint density at radius 3 is 2.52 bits per heavy atom. The Balaban J connectivity index is 1.66. The van der Waals surface area contributed by atoms with Crippen molar-refractivity contribution in [3.8, 4) is 0 Å². The fraction of sp³-hybridized carbons (Fsp3) is 0.706. The Labute approximate surface area is 136 Å². The standard InChI is InChI=1S/C17H23FO4S/c18-13-4-1-11(9-13)10-16(17(19)20)12-2-5-14(6-3-12)23(21,22)15-7-8-15/h2-3,5,11,13-16H,1,4,6-10H2,(H,19,20)/t11-,13+,14?,16?/m1/s1. The zero-order valence-corrected chi connectivity index (χ0v) is 13.8. The Kier molecular flexibility index (Phi) is 4.63. The van der Waals surface area contributed by atoms with Gasteiger partial charge in [-0.1, -0.05) is 18.2 Å². The number of carboxylic acids is 1. The fourth-order valence-corrected chi connectivity index (χ4v) is 5.65. The van der Waals surface area contributed by atoms with Crippen molar-refractivity contribution in [3.63, 3.8) is 0 Å². The van der Waals surface area contributed by atoms with Gasteiger partial charge in [0.05, 0.1) is 16.4 Å². The van der Waals surface area contributed by atoms with Gasteiger partial charge in [-0.2, -0.15) is 0 Å². The summed E-state index contributed by atoms with van der Waals surface area (Å²) in [7, 11) is -3.12. The van der Waals surface area contributed by atoms with Gasteiger partial charge >= 0.3 is 5.97 Å². The van der Waals surface area contributed by atoms with Crippen molar-refractivity contribution in [1.82, 2.24) is 0 Å². The first-order valence-electron chi connectivity index (χ1n) is 8.35. The van der Waals surface area contributed by atoms with Crippen LogP contribution in [0.4, 0.5) is 4.39 Å². The highest BCUT2D eigenvalue weighted by molar-refractivity contribution is 7.93. The molecule has 2 fully saturated rings. The average Bonchev–Trinajstić information content (AvgIpc) is 3.29. The van der Waals surface area contributed by atoms with E-state index in [-0.39, 0.29) is 11.2 Å². The van der Waals surface area contributed by atoms with Gasteiger partial charge in [-0.3, -0.25) is 4.79 Å². The second kappa shape index (κ2) is 6.38. The Bertz CT molecular complexity index is 633. The summed E-state index contributed by atoms with van der Waals surface area (Å²) in [5.41, 5.74) is 0.669. The zero-order chi connectivity index (χ0) is 16.6. The van der Waals surface area contributed by atoms with E-state index in [0.29, 0.717) is 31.3 Å². The predicted molar refractivity (Wildman–Crippen MR) is 85.5 cm³/mol. The molecule has 0 spiro atoms.